The molecule has 0 spiro atoms. The molecule has 7 nitrogen and oxygen atoms in total. The fraction of sp³-hybridized carbons (Fsp3) is 0.125. The van der Waals surface area contributed by atoms with E-state index < -0.39 is 4.92 Å². The van der Waals surface area contributed by atoms with E-state index in [4.69, 9.17) is 4.42 Å². The van der Waals surface area contributed by atoms with Crippen molar-refractivity contribution in [2.45, 2.75) is 0 Å². The molecule has 0 unspecified atom stereocenters. The molecule has 0 saturated carbocycles. The predicted octanol–water partition coefficient (Wildman–Crippen LogP) is 0.232. The van der Waals surface area contributed by atoms with E-state index in [1.54, 1.807) is 19.3 Å². The van der Waals surface area contributed by atoms with Gasteiger partial charge in [0, 0.05) is 12.4 Å². The summed E-state index contributed by atoms with van der Waals surface area (Å²) in [5.74, 6) is 0.120. The first-order chi connectivity index (χ1) is 7.29. The van der Waals surface area contributed by atoms with Crippen molar-refractivity contribution < 1.29 is 15.1 Å². The van der Waals surface area contributed by atoms with Gasteiger partial charge in [-0.1, -0.05) is 0 Å². The minimum absolute atomic E-state index is 0.0938. The second-order valence-electron chi connectivity index (χ2n) is 2.32. The highest BCUT2D eigenvalue weighted by Crippen LogP contribution is 2.22. The first kappa shape index (κ1) is 10.9. The second kappa shape index (κ2) is 4.91. The van der Waals surface area contributed by atoms with E-state index in [-0.39, 0.29) is 11.6 Å². The van der Waals surface area contributed by atoms with Gasteiger partial charge in [-0.3, -0.25) is 10.1 Å². The Hall–Kier alpha value is -2.15. The van der Waals surface area contributed by atoms with Crippen LogP contribution in [-0.4, -0.2) is 21.8 Å². The van der Waals surface area contributed by atoms with Gasteiger partial charge in [0.05, 0.1) is 18.0 Å². The number of hydrogen-bond donors (Lipinski definition) is 1. The van der Waals surface area contributed by atoms with Crippen molar-refractivity contribution >= 4 is 5.69 Å². The van der Waals surface area contributed by atoms with Crippen LogP contribution in [0, 0.1) is 10.1 Å². The van der Waals surface area contributed by atoms with Gasteiger partial charge in [-0.15, -0.1) is 0 Å². The van der Waals surface area contributed by atoms with Crippen LogP contribution in [0.1, 0.15) is 0 Å². The smallest absolute Gasteiger partial charge is 0.334 e. The third-order valence-corrected chi connectivity index (χ3v) is 1.53. The number of quaternary nitrogens is 1. The van der Waals surface area contributed by atoms with Crippen LogP contribution in [0.4, 0.5) is 5.69 Å². The first-order valence-corrected chi connectivity index (χ1v) is 4.21. The molecular weight excluding hydrogens is 200 g/mol. The topological polar surface area (TPSA) is 102 Å². The molecule has 2 rings (SSSR count). The Morgan fingerprint density at radius 3 is 2.87 bits per heavy atom. The Bertz CT molecular complexity index is 421. The molecule has 0 saturated heterocycles. The fourth-order valence-electron chi connectivity index (χ4n) is 0.994. The summed E-state index contributed by atoms with van der Waals surface area (Å²) < 4.78 is 6.23. The minimum atomic E-state index is -0.513. The summed E-state index contributed by atoms with van der Waals surface area (Å²) in [6, 6.07) is 2.95. The van der Waals surface area contributed by atoms with Crippen molar-refractivity contribution in [2.24, 2.45) is 0 Å². The van der Waals surface area contributed by atoms with E-state index >= 15 is 0 Å². The molecule has 7 heteroatoms. The molecule has 0 radical (unpaired) electrons. The lowest BCUT2D eigenvalue weighted by molar-refractivity contribution is -0.385. The van der Waals surface area contributed by atoms with Crippen molar-refractivity contribution in [1.82, 2.24) is 9.78 Å². The molecule has 0 aliphatic rings. The highest BCUT2D eigenvalue weighted by molar-refractivity contribution is 5.43. The number of nitro groups is 1. The molecule has 2 heterocycles. The standard InChI is InChI=1S/C7H5N3O3.CH5N/c11-10(12)6-2-5-13-7(6)9-4-1-3-8-9;1-2/h1-5H;2H2,1H3/p+1. The molecule has 0 bridgehead atoms. The van der Waals surface area contributed by atoms with E-state index in [0.29, 0.717) is 0 Å². The van der Waals surface area contributed by atoms with Gasteiger partial charge in [0.15, 0.2) is 0 Å². The molecular formula is C8H11N4O3+. The van der Waals surface area contributed by atoms with Crippen LogP contribution in [0.3, 0.4) is 0 Å². The van der Waals surface area contributed by atoms with Gasteiger partial charge in [0.1, 0.15) is 6.26 Å². The Balaban J connectivity index is 0.000000531. The van der Waals surface area contributed by atoms with Crippen molar-refractivity contribution in [1.29, 1.82) is 0 Å². The van der Waals surface area contributed by atoms with Crippen LogP contribution in [0.5, 0.6) is 0 Å². The Kier molecular flexibility index (Phi) is 3.58. The van der Waals surface area contributed by atoms with Crippen LogP contribution < -0.4 is 5.73 Å². The van der Waals surface area contributed by atoms with E-state index in [9.17, 15) is 10.1 Å². The summed E-state index contributed by atoms with van der Waals surface area (Å²) >= 11 is 0. The quantitative estimate of drug-likeness (QED) is 0.567. The summed E-state index contributed by atoms with van der Waals surface area (Å²) in [5, 5.41) is 14.3. The number of furan rings is 1. The monoisotopic (exact) mass is 211 g/mol. The van der Waals surface area contributed by atoms with E-state index in [2.05, 4.69) is 10.8 Å². The van der Waals surface area contributed by atoms with Gasteiger partial charge in [-0.25, -0.2) is 4.68 Å². The normalized spacial score (nSPS) is 9.20. The first-order valence-electron chi connectivity index (χ1n) is 4.21. The zero-order chi connectivity index (χ0) is 11.3. The van der Waals surface area contributed by atoms with Crippen molar-refractivity contribution in [3.05, 3.63) is 40.9 Å². The zero-order valence-corrected chi connectivity index (χ0v) is 8.16. The number of aromatic nitrogens is 2. The number of rotatable bonds is 2. The van der Waals surface area contributed by atoms with Gasteiger partial charge in [-0.2, -0.15) is 5.10 Å². The maximum atomic E-state index is 10.5. The van der Waals surface area contributed by atoms with E-state index in [0.717, 1.165) is 0 Å². The lowest BCUT2D eigenvalue weighted by atomic mass is 10.5. The average Bonchev–Trinajstić information content (AvgIpc) is 2.91. The molecule has 0 atom stereocenters. The second-order valence-corrected chi connectivity index (χ2v) is 2.32. The molecule has 0 fully saturated rings. The molecule has 0 aromatic carbocycles. The third-order valence-electron chi connectivity index (χ3n) is 1.53. The van der Waals surface area contributed by atoms with E-state index in [1.807, 2.05) is 0 Å². The molecule has 0 aliphatic heterocycles. The summed E-state index contributed by atoms with van der Waals surface area (Å²) in [5.41, 5.74) is 3.16. The lowest BCUT2D eigenvalue weighted by Crippen LogP contribution is -2.40. The SMILES string of the molecule is C[NH3+].O=[N+]([O-])c1ccoc1-n1cccn1. The maximum absolute atomic E-state index is 10.5. The highest BCUT2D eigenvalue weighted by atomic mass is 16.6. The Morgan fingerprint density at radius 1 is 1.60 bits per heavy atom. The lowest BCUT2D eigenvalue weighted by Gasteiger charge is -1.93. The van der Waals surface area contributed by atoms with Crippen LogP contribution in [0.2, 0.25) is 0 Å². The van der Waals surface area contributed by atoms with E-state index in [1.165, 1.54) is 23.2 Å². The van der Waals surface area contributed by atoms with Crippen LogP contribution in [0.25, 0.3) is 5.88 Å². The van der Waals surface area contributed by atoms with Gasteiger partial charge in [-0.05, 0) is 6.07 Å². The van der Waals surface area contributed by atoms with Crippen molar-refractivity contribution in [3.63, 3.8) is 0 Å². The van der Waals surface area contributed by atoms with Crippen LogP contribution in [-0.2, 0) is 0 Å². The van der Waals surface area contributed by atoms with Gasteiger partial charge < -0.3 is 10.2 Å². The summed E-state index contributed by atoms with van der Waals surface area (Å²) in [6.45, 7) is 0. The number of nitrogens with zero attached hydrogens (tertiary/aromatic N) is 3. The Morgan fingerprint density at radius 2 is 2.33 bits per heavy atom. The minimum Gasteiger partial charge on any atom is -0.441 e. The molecule has 15 heavy (non-hydrogen) atoms. The highest BCUT2D eigenvalue weighted by Gasteiger charge is 2.18. The van der Waals surface area contributed by atoms with Crippen LogP contribution >= 0.6 is 0 Å². The van der Waals surface area contributed by atoms with Crippen molar-refractivity contribution in [3.8, 4) is 5.88 Å². The Labute approximate surface area is 85.3 Å². The largest absolute Gasteiger partial charge is 0.441 e. The third kappa shape index (κ3) is 2.20. The number of hydrogen-bond acceptors (Lipinski definition) is 4. The fourth-order valence-corrected chi connectivity index (χ4v) is 0.994. The average molecular weight is 211 g/mol. The molecule has 0 aliphatic carbocycles. The summed E-state index contributed by atoms with van der Waals surface area (Å²) in [7, 11) is 1.75. The van der Waals surface area contributed by atoms with Gasteiger partial charge >= 0.3 is 5.69 Å². The molecule has 2 aromatic rings. The van der Waals surface area contributed by atoms with Crippen molar-refractivity contribution in [2.75, 3.05) is 7.05 Å². The molecule has 3 N–H and O–H groups in total. The maximum Gasteiger partial charge on any atom is 0.334 e. The predicted molar refractivity (Wildman–Crippen MR) is 51.3 cm³/mol. The zero-order valence-electron chi connectivity index (χ0n) is 8.16. The van der Waals surface area contributed by atoms with Gasteiger partial charge in [0.25, 0.3) is 5.88 Å². The molecule has 0 amide bonds. The summed E-state index contributed by atoms with van der Waals surface area (Å²) in [6.07, 6.45) is 4.35. The van der Waals surface area contributed by atoms with Crippen LogP contribution in [0.15, 0.2) is 35.2 Å². The van der Waals surface area contributed by atoms with Gasteiger partial charge in [0.2, 0.25) is 0 Å². The summed E-state index contributed by atoms with van der Waals surface area (Å²) in [4.78, 5) is 9.97. The molecule has 80 valence electrons. The molecule has 2 aromatic heterocycles.